The summed E-state index contributed by atoms with van der Waals surface area (Å²) in [5.74, 6) is 0.686. The van der Waals surface area contributed by atoms with E-state index in [1.165, 1.54) is 77.7 Å². The summed E-state index contributed by atoms with van der Waals surface area (Å²) in [5, 5.41) is 2.46. The zero-order valence-corrected chi connectivity index (χ0v) is 47.0. The molecule has 0 radical (unpaired) electrons. The molecule has 14 aromatic rings. The lowest BCUT2D eigenvalue weighted by Crippen LogP contribution is -2.61. The Morgan fingerprint density at radius 1 is 0.329 bits per heavy atom. The van der Waals surface area contributed by atoms with Crippen LogP contribution in [0.5, 0.6) is 0 Å². The molecule has 2 aliphatic heterocycles. The highest BCUT2D eigenvalue weighted by Gasteiger charge is 2.44. The Balaban J connectivity index is 0.896. The number of aromatic nitrogens is 3. The first-order valence-electron chi connectivity index (χ1n) is 29.4. The van der Waals surface area contributed by atoms with Gasteiger partial charge in [0, 0.05) is 72.4 Å². The first-order valence-corrected chi connectivity index (χ1v) is 29.4. The predicted molar refractivity (Wildman–Crippen MR) is 355 cm³/mol. The van der Waals surface area contributed by atoms with E-state index in [-0.39, 0.29) is 12.1 Å². The van der Waals surface area contributed by atoms with Crippen LogP contribution >= 0.6 is 0 Å². The van der Waals surface area contributed by atoms with Crippen LogP contribution in [-0.2, 0) is 5.41 Å². The molecule has 12 aromatic carbocycles. The molecular weight excluding hydrogens is 1030 g/mol. The fraction of sp³-hybridized carbons (Fsp3) is 0.0380. The highest BCUT2D eigenvalue weighted by atomic mass is 15.2. The van der Waals surface area contributed by atoms with Gasteiger partial charge in [-0.15, -0.1) is 0 Å². The lowest BCUT2D eigenvalue weighted by molar-refractivity contribution is 0.661. The molecule has 17 rings (SSSR count). The van der Waals surface area contributed by atoms with Crippen molar-refractivity contribution >= 4 is 79.0 Å². The summed E-state index contributed by atoms with van der Waals surface area (Å²) in [6, 6.07) is 107. The number of benzene rings is 12. The van der Waals surface area contributed by atoms with Crippen LogP contribution in [0.25, 0.3) is 94.8 Å². The summed E-state index contributed by atoms with van der Waals surface area (Å²) < 4.78 is 2.51. The molecule has 5 nitrogen and oxygen atoms in total. The van der Waals surface area contributed by atoms with Gasteiger partial charge in [0.2, 0.25) is 0 Å². The van der Waals surface area contributed by atoms with Crippen molar-refractivity contribution < 1.29 is 0 Å². The van der Waals surface area contributed by atoms with E-state index in [1.807, 2.05) is 6.07 Å². The van der Waals surface area contributed by atoms with Crippen molar-refractivity contribution in [1.82, 2.24) is 14.5 Å². The molecule has 0 fully saturated rings. The molecule has 0 N–H and O–H groups in total. The Morgan fingerprint density at radius 3 is 1.58 bits per heavy atom. The first-order chi connectivity index (χ1) is 41.9. The molecule has 1 aliphatic carbocycles. The summed E-state index contributed by atoms with van der Waals surface area (Å²) >= 11 is 0. The quantitative estimate of drug-likeness (QED) is 0.142. The number of anilines is 6. The minimum absolute atomic E-state index is 0.000596. The molecule has 2 aromatic heterocycles. The van der Waals surface area contributed by atoms with Gasteiger partial charge in [-0.2, -0.15) is 0 Å². The zero-order chi connectivity index (χ0) is 56.3. The monoisotopic (exact) mass is 1080 g/mol. The van der Waals surface area contributed by atoms with Gasteiger partial charge in [0.05, 0.1) is 33.8 Å². The van der Waals surface area contributed by atoms with Crippen LogP contribution in [-0.4, -0.2) is 21.2 Å². The summed E-state index contributed by atoms with van der Waals surface area (Å²) in [4.78, 5) is 15.6. The highest BCUT2D eigenvalue weighted by molar-refractivity contribution is 7.00. The largest absolute Gasteiger partial charge is 0.311 e. The third kappa shape index (κ3) is 7.58. The maximum atomic E-state index is 5.38. The fourth-order valence-electron chi connectivity index (χ4n) is 14.3. The molecule has 0 bridgehead atoms. The number of nitrogens with zero attached hydrogens (tertiary/aromatic N) is 5. The molecule has 0 saturated carbocycles. The fourth-order valence-corrected chi connectivity index (χ4v) is 14.3. The van der Waals surface area contributed by atoms with E-state index in [0.717, 1.165) is 72.9 Å². The van der Waals surface area contributed by atoms with E-state index < -0.39 is 0 Å². The third-order valence-corrected chi connectivity index (χ3v) is 18.2. The molecular formula is C79H54BN5. The second kappa shape index (κ2) is 19.1. The van der Waals surface area contributed by atoms with Crippen molar-refractivity contribution in [3.63, 3.8) is 0 Å². The van der Waals surface area contributed by atoms with Gasteiger partial charge in [-0.25, -0.2) is 9.97 Å². The van der Waals surface area contributed by atoms with Crippen LogP contribution in [0.4, 0.5) is 34.1 Å². The Labute approximate surface area is 495 Å². The Bertz CT molecular complexity index is 4910. The SMILES string of the molecule is CC1(C)c2ccccc2-c2cc3c4ccccc4n(-c4ccc(-c5cc(-c6ccccc6)nc(-c6ccccc6)n5)cc4-c4ccc(-c5ccc6c7c5N(c5ccccc5)c5ccccc5B7c5ccccc5N6c5ccccc5)cc4)c3cc21. The molecule has 0 saturated heterocycles. The molecule has 398 valence electrons. The first kappa shape index (κ1) is 48.9. The van der Waals surface area contributed by atoms with Gasteiger partial charge >= 0.3 is 0 Å². The van der Waals surface area contributed by atoms with Gasteiger partial charge in [-0.3, -0.25) is 0 Å². The maximum Gasteiger partial charge on any atom is 0.252 e. The van der Waals surface area contributed by atoms with E-state index >= 15 is 0 Å². The summed E-state index contributed by atoms with van der Waals surface area (Å²) in [6.45, 7) is 4.75. The van der Waals surface area contributed by atoms with Crippen molar-refractivity contribution in [1.29, 1.82) is 0 Å². The Hall–Kier alpha value is -10.8. The van der Waals surface area contributed by atoms with Gasteiger partial charge in [0.25, 0.3) is 6.71 Å². The van der Waals surface area contributed by atoms with Gasteiger partial charge in [0.1, 0.15) is 0 Å². The Kier molecular flexibility index (Phi) is 11.0. The van der Waals surface area contributed by atoms with E-state index in [4.69, 9.17) is 9.97 Å². The summed E-state index contributed by atoms with van der Waals surface area (Å²) in [7, 11) is 0. The minimum atomic E-state index is -0.179. The standard InChI is InChI=1S/C79H54BN5/c1-79(2)64-33-17-15-31-59(64)62-48-63-60-32-16-20-36-70(60)85(75(63)49-65(62)79)71-45-43-55(69-50-68(53-23-7-3-8-24-53)81-78(82-69)54-25-9-4-10-26-54)47-61(71)52-41-39-51(40-42-52)58-44-46-74-76-77(58)84(57-29-13-6-14-30-57)73-38-22-19-35-67(73)80(76)66-34-18-21-37-72(66)83(74)56-27-11-5-12-28-56/h3-50H,1-2H3. The summed E-state index contributed by atoms with van der Waals surface area (Å²) in [6.07, 6.45) is 0. The van der Waals surface area contributed by atoms with E-state index in [2.05, 4.69) is 313 Å². The lowest BCUT2D eigenvalue weighted by Gasteiger charge is -2.45. The minimum Gasteiger partial charge on any atom is -0.311 e. The molecule has 0 unspecified atom stereocenters. The van der Waals surface area contributed by atoms with Gasteiger partial charge < -0.3 is 14.4 Å². The number of hydrogen-bond acceptors (Lipinski definition) is 4. The number of fused-ring (bicyclic) bond motifs is 10. The zero-order valence-electron chi connectivity index (χ0n) is 47.0. The molecule has 4 heterocycles. The molecule has 6 heteroatoms. The van der Waals surface area contributed by atoms with Crippen LogP contribution in [0.1, 0.15) is 25.0 Å². The van der Waals surface area contributed by atoms with Gasteiger partial charge in [0.15, 0.2) is 5.82 Å². The van der Waals surface area contributed by atoms with Crippen molar-refractivity contribution in [2.24, 2.45) is 0 Å². The second-order valence-corrected chi connectivity index (χ2v) is 23.2. The van der Waals surface area contributed by atoms with E-state index in [9.17, 15) is 0 Å². The van der Waals surface area contributed by atoms with Crippen molar-refractivity contribution in [2.45, 2.75) is 19.3 Å². The topological polar surface area (TPSA) is 37.2 Å². The van der Waals surface area contributed by atoms with Crippen LogP contribution in [0.2, 0.25) is 0 Å². The maximum absolute atomic E-state index is 5.38. The van der Waals surface area contributed by atoms with Gasteiger partial charge in [-0.1, -0.05) is 226 Å². The lowest BCUT2D eigenvalue weighted by atomic mass is 9.33. The van der Waals surface area contributed by atoms with Crippen LogP contribution in [0.3, 0.4) is 0 Å². The highest BCUT2D eigenvalue weighted by Crippen LogP contribution is 2.52. The molecule has 0 spiro atoms. The number of rotatable bonds is 8. The van der Waals surface area contributed by atoms with E-state index in [0.29, 0.717) is 5.82 Å². The molecule has 0 atom stereocenters. The normalized spacial score (nSPS) is 13.3. The van der Waals surface area contributed by atoms with Crippen molar-refractivity contribution in [2.75, 3.05) is 9.80 Å². The average molecular weight is 1080 g/mol. The van der Waals surface area contributed by atoms with E-state index in [1.54, 1.807) is 0 Å². The molecule has 3 aliphatic rings. The van der Waals surface area contributed by atoms with Crippen LogP contribution in [0, 0.1) is 0 Å². The van der Waals surface area contributed by atoms with Crippen LogP contribution in [0.15, 0.2) is 291 Å². The van der Waals surface area contributed by atoms with Gasteiger partial charge in [-0.05, 0) is 129 Å². The molecule has 85 heavy (non-hydrogen) atoms. The molecule has 0 amide bonds. The average Bonchev–Trinajstić information content (AvgIpc) is 1.52. The summed E-state index contributed by atoms with van der Waals surface area (Å²) in [5.41, 5.74) is 28.7. The smallest absolute Gasteiger partial charge is 0.252 e. The number of para-hydroxylation sites is 5. The number of hydrogen-bond donors (Lipinski definition) is 0. The predicted octanol–water partition coefficient (Wildman–Crippen LogP) is 18.3. The second-order valence-electron chi connectivity index (χ2n) is 23.2. The Morgan fingerprint density at radius 2 is 0.871 bits per heavy atom. The third-order valence-electron chi connectivity index (χ3n) is 18.2. The van der Waals surface area contributed by atoms with Crippen molar-refractivity contribution in [3.05, 3.63) is 302 Å². The van der Waals surface area contributed by atoms with Crippen molar-refractivity contribution in [3.8, 4) is 73.0 Å². The van der Waals surface area contributed by atoms with Crippen LogP contribution < -0.4 is 26.2 Å².